The van der Waals surface area contributed by atoms with E-state index in [-0.39, 0.29) is 23.4 Å². The Labute approximate surface area is 192 Å². The maximum atomic E-state index is 12.9. The van der Waals surface area contributed by atoms with E-state index < -0.39 is 16.8 Å². The minimum Gasteiger partial charge on any atom is -0.457 e. The maximum Gasteiger partial charge on any atom is 0.339 e. The number of anilines is 1. The zero-order valence-corrected chi connectivity index (χ0v) is 18.0. The first kappa shape index (κ1) is 21.8. The van der Waals surface area contributed by atoms with Crippen molar-refractivity contribution in [3.63, 3.8) is 0 Å². The summed E-state index contributed by atoms with van der Waals surface area (Å²) in [5, 5.41) is 15.9. The number of benzene rings is 3. The highest BCUT2D eigenvalue weighted by Crippen LogP contribution is 2.25. The summed E-state index contributed by atoms with van der Waals surface area (Å²) < 4.78 is 5.30. The minimum absolute atomic E-state index is 0.0836. The van der Waals surface area contributed by atoms with Crippen molar-refractivity contribution >= 4 is 34.0 Å². The fourth-order valence-electron chi connectivity index (χ4n) is 3.08. The molecule has 3 aromatic carbocycles. The Hall–Kier alpha value is -4.37. The number of amides is 1. The predicted octanol–water partition coefficient (Wildman–Crippen LogP) is 5.33. The molecule has 0 bridgehead atoms. The fourth-order valence-corrected chi connectivity index (χ4v) is 3.80. The SMILES string of the molecule is O=C(Nc1nc(-c2ccccc2)cs1)c1ccccc1C(=O)OCc1cccc([N+](=O)[O-])c1. The Kier molecular flexibility index (Phi) is 6.51. The van der Waals surface area contributed by atoms with Crippen LogP contribution in [0.15, 0.2) is 84.2 Å². The number of carbonyl (C=O) groups is 2. The van der Waals surface area contributed by atoms with E-state index in [1.165, 1.54) is 41.7 Å². The molecule has 0 saturated heterocycles. The second kappa shape index (κ2) is 9.84. The van der Waals surface area contributed by atoms with E-state index >= 15 is 0 Å². The zero-order chi connectivity index (χ0) is 23.2. The van der Waals surface area contributed by atoms with Gasteiger partial charge in [-0.3, -0.25) is 20.2 Å². The third-order valence-electron chi connectivity index (χ3n) is 4.68. The van der Waals surface area contributed by atoms with Crippen LogP contribution in [0.4, 0.5) is 10.8 Å². The van der Waals surface area contributed by atoms with Gasteiger partial charge in [-0.05, 0) is 17.7 Å². The molecule has 1 heterocycles. The van der Waals surface area contributed by atoms with E-state index in [1.807, 2.05) is 35.7 Å². The number of esters is 1. The Morgan fingerprint density at radius 1 is 0.970 bits per heavy atom. The second-order valence-electron chi connectivity index (χ2n) is 6.91. The normalized spacial score (nSPS) is 10.4. The standard InChI is InChI=1S/C24H17N3O5S/c28-22(26-24-25-21(15-33-24)17-8-2-1-3-9-17)19-11-4-5-12-20(19)23(29)32-14-16-7-6-10-18(13-16)27(30)31/h1-13,15H,14H2,(H,25,26,28). The minimum atomic E-state index is -0.712. The average molecular weight is 459 g/mol. The van der Waals surface area contributed by atoms with Crippen molar-refractivity contribution in [3.05, 3.63) is 111 Å². The number of non-ortho nitro benzene ring substituents is 1. The van der Waals surface area contributed by atoms with Gasteiger partial charge in [-0.15, -0.1) is 11.3 Å². The third-order valence-corrected chi connectivity index (χ3v) is 5.43. The van der Waals surface area contributed by atoms with Crippen LogP contribution in [0.1, 0.15) is 26.3 Å². The molecule has 0 saturated carbocycles. The lowest BCUT2D eigenvalue weighted by molar-refractivity contribution is -0.384. The first-order valence-electron chi connectivity index (χ1n) is 9.83. The van der Waals surface area contributed by atoms with Gasteiger partial charge in [-0.2, -0.15) is 0 Å². The van der Waals surface area contributed by atoms with Gasteiger partial charge in [0, 0.05) is 23.1 Å². The van der Waals surface area contributed by atoms with Gasteiger partial charge in [0.1, 0.15) is 6.61 Å². The van der Waals surface area contributed by atoms with Gasteiger partial charge in [-0.1, -0.05) is 54.6 Å². The molecule has 0 atom stereocenters. The highest BCUT2D eigenvalue weighted by molar-refractivity contribution is 7.14. The molecule has 1 N–H and O–H groups in total. The summed E-state index contributed by atoms with van der Waals surface area (Å²) in [5.41, 5.74) is 2.26. The molecular weight excluding hydrogens is 442 g/mol. The van der Waals surface area contributed by atoms with Crippen molar-refractivity contribution in [2.24, 2.45) is 0 Å². The smallest absolute Gasteiger partial charge is 0.339 e. The Morgan fingerprint density at radius 3 is 2.45 bits per heavy atom. The first-order valence-corrected chi connectivity index (χ1v) is 10.7. The van der Waals surface area contributed by atoms with Crippen LogP contribution in [0.3, 0.4) is 0 Å². The maximum absolute atomic E-state index is 12.9. The number of hydrogen-bond acceptors (Lipinski definition) is 7. The van der Waals surface area contributed by atoms with E-state index in [4.69, 9.17) is 4.74 Å². The molecule has 0 aliphatic rings. The van der Waals surface area contributed by atoms with Crippen molar-refractivity contribution in [3.8, 4) is 11.3 Å². The molecule has 8 nitrogen and oxygen atoms in total. The number of rotatable bonds is 7. The summed E-state index contributed by atoms with van der Waals surface area (Å²) in [7, 11) is 0. The average Bonchev–Trinajstić information content (AvgIpc) is 3.31. The molecule has 0 aliphatic heterocycles. The number of carbonyl (C=O) groups excluding carboxylic acids is 2. The topological polar surface area (TPSA) is 111 Å². The van der Waals surface area contributed by atoms with Crippen molar-refractivity contribution in [1.29, 1.82) is 0 Å². The van der Waals surface area contributed by atoms with Crippen LogP contribution in [0, 0.1) is 10.1 Å². The van der Waals surface area contributed by atoms with Gasteiger partial charge in [0.25, 0.3) is 11.6 Å². The van der Waals surface area contributed by atoms with Gasteiger partial charge in [0.05, 0.1) is 21.7 Å². The number of nitrogens with zero attached hydrogens (tertiary/aromatic N) is 2. The highest BCUT2D eigenvalue weighted by Gasteiger charge is 2.19. The van der Waals surface area contributed by atoms with Crippen LogP contribution in [-0.4, -0.2) is 21.8 Å². The molecule has 33 heavy (non-hydrogen) atoms. The highest BCUT2D eigenvalue weighted by atomic mass is 32.1. The van der Waals surface area contributed by atoms with E-state index in [0.29, 0.717) is 10.7 Å². The quantitative estimate of drug-likeness (QED) is 0.227. The lowest BCUT2D eigenvalue weighted by atomic mass is 10.1. The lowest BCUT2D eigenvalue weighted by Gasteiger charge is -2.09. The molecule has 1 amide bonds. The summed E-state index contributed by atoms with van der Waals surface area (Å²) in [5.74, 6) is -1.21. The number of nitro groups is 1. The molecule has 0 fully saturated rings. The summed E-state index contributed by atoms with van der Waals surface area (Å²) in [6, 6.07) is 21.7. The van der Waals surface area contributed by atoms with Crippen LogP contribution < -0.4 is 5.32 Å². The number of hydrogen-bond donors (Lipinski definition) is 1. The van der Waals surface area contributed by atoms with Crippen LogP contribution >= 0.6 is 11.3 Å². The molecule has 0 radical (unpaired) electrons. The number of nitrogens with one attached hydrogen (secondary N) is 1. The molecule has 4 aromatic rings. The van der Waals surface area contributed by atoms with Gasteiger partial charge in [0.2, 0.25) is 0 Å². The number of thiazole rings is 1. The van der Waals surface area contributed by atoms with Crippen LogP contribution in [0.25, 0.3) is 11.3 Å². The van der Waals surface area contributed by atoms with Gasteiger partial charge in [0.15, 0.2) is 5.13 Å². The van der Waals surface area contributed by atoms with Crippen LogP contribution in [0.2, 0.25) is 0 Å². The number of nitro benzene ring substituents is 1. The Balaban J connectivity index is 1.46. The van der Waals surface area contributed by atoms with Crippen molar-refractivity contribution in [1.82, 2.24) is 4.98 Å². The largest absolute Gasteiger partial charge is 0.457 e. The Morgan fingerprint density at radius 2 is 1.70 bits per heavy atom. The first-order chi connectivity index (χ1) is 16.0. The monoisotopic (exact) mass is 459 g/mol. The molecule has 4 rings (SSSR count). The van der Waals surface area contributed by atoms with E-state index in [9.17, 15) is 19.7 Å². The molecular formula is C24H17N3O5S. The second-order valence-corrected chi connectivity index (χ2v) is 7.76. The summed E-state index contributed by atoms with van der Waals surface area (Å²) in [4.78, 5) is 40.3. The Bertz CT molecular complexity index is 1320. The van der Waals surface area contributed by atoms with Gasteiger partial charge >= 0.3 is 5.97 Å². The van der Waals surface area contributed by atoms with E-state index in [1.54, 1.807) is 18.2 Å². The van der Waals surface area contributed by atoms with E-state index in [0.717, 1.165) is 11.3 Å². The molecule has 0 aliphatic carbocycles. The summed E-state index contributed by atoms with van der Waals surface area (Å²) >= 11 is 1.28. The summed E-state index contributed by atoms with van der Waals surface area (Å²) in [6.45, 7) is -0.163. The number of ether oxygens (including phenoxy) is 1. The van der Waals surface area contributed by atoms with Crippen LogP contribution in [0.5, 0.6) is 0 Å². The molecule has 1 aromatic heterocycles. The van der Waals surface area contributed by atoms with Crippen molar-refractivity contribution in [2.45, 2.75) is 6.61 Å². The van der Waals surface area contributed by atoms with Crippen molar-refractivity contribution < 1.29 is 19.2 Å². The van der Waals surface area contributed by atoms with Crippen LogP contribution in [-0.2, 0) is 11.3 Å². The fraction of sp³-hybridized carbons (Fsp3) is 0.0417. The molecule has 9 heteroatoms. The third kappa shape index (κ3) is 5.28. The molecule has 0 spiro atoms. The molecule has 0 unspecified atom stereocenters. The van der Waals surface area contributed by atoms with E-state index in [2.05, 4.69) is 10.3 Å². The predicted molar refractivity (Wildman–Crippen MR) is 124 cm³/mol. The molecule has 164 valence electrons. The zero-order valence-electron chi connectivity index (χ0n) is 17.1. The summed E-state index contributed by atoms with van der Waals surface area (Å²) in [6.07, 6.45) is 0. The number of aromatic nitrogens is 1. The van der Waals surface area contributed by atoms with Gasteiger partial charge < -0.3 is 4.74 Å². The van der Waals surface area contributed by atoms with Crippen molar-refractivity contribution in [2.75, 3.05) is 5.32 Å². The lowest BCUT2D eigenvalue weighted by Crippen LogP contribution is -2.17. The van der Waals surface area contributed by atoms with Gasteiger partial charge in [-0.25, -0.2) is 9.78 Å².